The molecule has 0 spiro atoms. The van der Waals surface area contributed by atoms with Crippen molar-refractivity contribution in [2.45, 2.75) is 17.0 Å². The molecule has 17 heavy (non-hydrogen) atoms. The van der Waals surface area contributed by atoms with Crippen LogP contribution in [0.1, 0.15) is 16.1 Å². The van der Waals surface area contributed by atoms with Crippen molar-refractivity contribution < 1.29 is 9.21 Å². The lowest BCUT2D eigenvalue weighted by atomic mass is 10.2. The Balaban J connectivity index is 2.31. The highest BCUT2D eigenvalue weighted by atomic mass is 32.2. The Labute approximate surface area is 102 Å². The van der Waals surface area contributed by atoms with Gasteiger partial charge in [-0.05, 0) is 36.9 Å². The molecule has 1 amide bonds. The first-order valence-corrected chi connectivity index (χ1v) is 5.67. The first-order valence-electron chi connectivity index (χ1n) is 4.85. The quantitative estimate of drug-likeness (QED) is 0.809. The minimum absolute atomic E-state index is 0.407. The summed E-state index contributed by atoms with van der Waals surface area (Å²) in [6, 6.07) is 4.85. The number of rotatable bonds is 3. The standard InChI is InChI=1S/C11H11N3O2S/c1-6-5-16-11(14-6)17-9-4-7(10(13)15)2-3-8(9)12/h2-5H,12H2,1H3,(H2,13,15). The summed E-state index contributed by atoms with van der Waals surface area (Å²) in [6.45, 7) is 1.83. The first kappa shape index (κ1) is 11.5. The number of hydrogen-bond acceptors (Lipinski definition) is 5. The number of amides is 1. The van der Waals surface area contributed by atoms with Gasteiger partial charge in [0.1, 0.15) is 6.26 Å². The lowest BCUT2D eigenvalue weighted by Crippen LogP contribution is -2.11. The number of hydrogen-bond donors (Lipinski definition) is 2. The molecule has 1 heterocycles. The monoisotopic (exact) mass is 249 g/mol. The largest absolute Gasteiger partial charge is 0.439 e. The van der Waals surface area contributed by atoms with Crippen molar-refractivity contribution in [1.29, 1.82) is 0 Å². The number of nitrogen functional groups attached to an aromatic ring is 1. The van der Waals surface area contributed by atoms with Crippen LogP contribution in [0.5, 0.6) is 0 Å². The summed E-state index contributed by atoms with van der Waals surface area (Å²) in [6.07, 6.45) is 1.55. The van der Waals surface area contributed by atoms with Crippen molar-refractivity contribution in [3.8, 4) is 0 Å². The molecule has 2 rings (SSSR count). The Bertz CT molecular complexity index is 566. The number of aromatic nitrogens is 1. The number of nitrogens with two attached hydrogens (primary N) is 2. The predicted molar refractivity (Wildman–Crippen MR) is 64.7 cm³/mol. The molecule has 6 heteroatoms. The molecule has 4 N–H and O–H groups in total. The second-order valence-corrected chi connectivity index (χ2v) is 4.47. The molecule has 0 bridgehead atoms. The minimum atomic E-state index is -0.490. The third-order valence-electron chi connectivity index (χ3n) is 2.09. The summed E-state index contributed by atoms with van der Waals surface area (Å²) in [7, 11) is 0. The van der Waals surface area contributed by atoms with Gasteiger partial charge in [-0.25, -0.2) is 4.98 Å². The number of aryl methyl sites for hydroxylation is 1. The van der Waals surface area contributed by atoms with Crippen LogP contribution in [0.3, 0.4) is 0 Å². The normalized spacial score (nSPS) is 10.4. The number of anilines is 1. The van der Waals surface area contributed by atoms with E-state index in [4.69, 9.17) is 15.9 Å². The maximum Gasteiger partial charge on any atom is 0.260 e. The molecular formula is C11H11N3O2S. The molecule has 0 saturated heterocycles. The number of primary amides is 1. The molecule has 88 valence electrons. The van der Waals surface area contributed by atoms with Crippen LogP contribution in [0.4, 0.5) is 5.69 Å². The lowest BCUT2D eigenvalue weighted by Gasteiger charge is -2.04. The molecule has 5 nitrogen and oxygen atoms in total. The third-order valence-corrected chi connectivity index (χ3v) is 3.03. The highest BCUT2D eigenvalue weighted by molar-refractivity contribution is 7.99. The van der Waals surface area contributed by atoms with Crippen molar-refractivity contribution in [3.05, 3.63) is 35.7 Å². The van der Waals surface area contributed by atoms with Crippen LogP contribution in [-0.4, -0.2) is 10.9 Å². The average Bonchev–Trinajstić information content (AvgIpc) is 2.67. The fourth-order valence-corrected chi connectivity index (χ4v) is 2.10. The van der Waals surface area contributed by atoms with Gasteiger partial charge in [0, 0.05) is 16.1 Å². The SMILES string of the molecule is Cc1coc(Sc2cc(C(N)=O)ccc2N)n1. The molecule has 0 fully saturated rings. The number of nitrogens with zero attached hydrogens (tertiary/aromatic N) is 1. The second-order valence-electron chi connectivity index (χ2n) is 3.47. The van der Waals surface area contributed by atoms with Gasteiger partial charge in [0.2, 0.25) is 5.91 Å². The summed E-state index contributed by atoms with van der Waals surface area (Å²) >= 11 is 1.26. The molecular weight excluding hydrogens is 238 g/mol. The molecule has 0 atom stereocenters. The van der Waals surface area contributed by atoms with Gasteiger partial charge in [-0.3, -0.25) is 4.79 Å². The highest BCUT2D eigenvalue weighted by Gasteiger charge is 2.09. The zero-order valence-electron chi connectivity index (χ0n) is 9.14. The zero-order chi connectivity index (χ0) is 12.4. The number of carbonyl (C=O) groups excluding carboxylic acids is 1. The van der Waals surface area contributed by atoms with Gasteiger partial charge in [0.05, 0.1) is 5.69 Å². The van der Waals surface area contributed by atoms with Crippen LogP contribution in [-0.2, 0) is 0 Å². The van der Waals surface area contributed by atoms with E-state index < -0.39 is 5.91 Å². The van der Waals surface area contributed by atoms with Crippen molar-refractivity contribution in [2.75, 3.05) is 5.73 Å². The van der Waals surface area contributed by atoms with E-state index in [-0.39, 0.29) is 0 Å². The van der Waals surface area contributed by atoms with Crippen LogP contribution in [0.2, 0.25) is 0 Å². The third kappa shape index (κ3) is 2.59. The van der Waals surface area contributed by atoms with Gasteiger partial charge in [-0.2, -0.15) is 0 Å². The number of benzene rings is 1. The molecule has 1 aromatic heterocycles. The molecule has 0 radical (unpaired) electrons. The molecule has 1 aromatic carbocycles. The average molecular weight is 249 g/mol. The maximum atomic E-state index is 11.1. The van der Waals surface area contributed by atoms with E-state index in [1.807, 2.05) is 6.92 Å². The van der Waals surface area contributed by atoms with Gasteiger partial charge >= 0.3 is 0 Å². The van der Waals surface area contributed by atoms with Crippen molar-refractivity contribution in [2.24, 2.45) is 5.73 Å². The Hall–Kier alpha value is -1.95. The summed E-state index contributed by atoms with van der Waals surface area (Å²) in [5.41, 5.74) is 12.8. The number of oxazole rings is 1. The lowest BCUT2D eigenvalue weighted by molar-refractivity contribution is 0.1000. The van der Waals surface area contributed by atoms with Crippen LogP contribution in [0, 0.1) is 6.92 Å². The Morgan fingerprint density at radius 2 is 2.24 bits per heavy atom. The van der Waals surface area contributed by atoms with Crippen molar-refractivity contribution in [1.82, 2.24) is 4.98 Å². The fourth-order valence-electron chi connectivity index (χ4n) is 1.25. The van der Waals surface area contributed by atoms with E-state index in [0.717, 1.165) is 5.69 Å². The molecule has 2 aromatic rings. The van der Waals surface area contributed by atoms with Crippen LogP contribution in [0.25, 0.3) is 0 Å². The van der Waals surface area contributed by atoms with Gasteiger partial charge in [-0.15, -0.1) is 0 Å². The summed E-state index contributed by atoms with van der Waals surface area (Å²) in [5, 5.41) is 0.482. The van der Waals surface area contributed by atoms with Gasteiger partial charge in [0.15, 0.2) is 0 Å². The summed E-state index contributed by atoms with van der Waals surface area (Å²) in [5.74, 6) is -0.490. The maximum absolute atomic E-state index is 11.1. The van der Waals surface area contributed by atoms with Gasteiger partial charge < -0.3 is 15.9 Å². The Kier molecular flexibility index (Phi) is 3.06. The predicted octanol–water partition coefficient (Wildman–Crippen LogP) is 1.82. The van der Waals surface area contributed by atoms with E-state index in [0.29, 0.717) is 21.4 Å². The summed E-state index contributed by atoms with van der Waals surface area (Å²) < 4.78 is 5.20. The number of carbonyl (C=O) groups is 1. The van der Waals surface area contributed by atoms with E-state index in [1.165, 1.54) is 11.8 Å². The summed E-state index contributed by atoms with van der Waals surface area (Å²) in [4.78, 5) is 15.9. The molecule has 0 aliphatic rings. The Morgan fingerprint density at radius 3 is 2.82 bits per heavy atom. The van der Waals surface area contributed by atoms with Crippen LogP contribution >= 0.6 is 11.8 Å². The van der Waals surface area contributed by atoms with Crippen molar-refractivity contribution in [3.63, 3.8) is 0 Å². The topological polar surface area (TPSA) is 95.1 Å². The van der Waals surface area contributed by atoms with Crippen LogP contribution in [0.15, 0.2) is 39.0 Å². The fraction of sp³-hybridized carbons (Fsp3) is 0.0909. The molecule has 0 aliphatic heterocycles. The van der Waals surface area contributed by atoms with E-state index in [1.54, 1.807) is 24.5 Å². The zero-order valence-corrected chi connectivity index (χ0v) is 9.95. The van der Waals surface area contributed by atoms with E-state index in [2.05, 4.69) is 4.98 Å². The van der Waals surface area contributed by atoms with E-state index in [9.17, 15) is 4.79 Å². The molecule has 0 aliphatic carbocycles. The first-order chi connectivity index (χ1) is 8.06. The minimum Gasteiger partial charge on any atom is -0.439 e. The highest BCUT2D eigenvalue weighted by Crippen LogP contribution is 2.32. The van der Waals surface area contributed by atoms with Gasteiger partial charge in [0.25, 0.3) is 5.22 Å². The second kappa shape index (κ2) is 4.50. The molecule has 0 saturated carbocycles. The van der Waals surface area contributed by atoms with Gasteiger partial charge in [-0.1, -0.05) is 0 Å². The molecule has 0 unspecified atom stereocenters. The van der Waals surface area contributed by atoms with E-state index >= 15 is 0 Å². The Morgan fingerprint density at radius 1 is 1.47 bits per heavy atom. The van der Waals surface area contributed by atoms with Crippen LogP contribution < -0.4 is 11.5 Å². The van der Waals surface area contributed by atoms with Crippen molar-refractivity contribution >= 4 is 23.4 Å². The smallest absolute Gasteiger partial charge is 0.260 e.